The molecule has 2 aromatic rings. The molecule has 5 nitrogen and oxygen atoms in total. The summed E-state index contributed by atoms with van der Waals surface area (Å²) in [5, 5.41) is 3.44. The lowest BCUT2D eigenvalue weighted by atomic mass is 10.0. The second kappa shape index (κ2) is 10.6. The van der Waals surface area contributed by atoms with Crippen molar-refractivity contribution in [2.24, 2.45) is 5.92 Å². The third kappa shape index (κ3) is 6.18. The number of aromatic nitrogens is 1. The van der Waals surface area contributed by atoms with Crippen molar-refractivity contribution in [3.05, 3.63) is 59.9 Å². The average Bonchev–Trinajstić information content (AvgIpc) is 3.58. The summed E-state index contributed by atoms with van der Waals surface area (Å²) in [6.45, 7) is 3.30. The Morgan fingerprint density at radius 1 is 1.07 bits per heavy atom. The van der Waals surface area contributed by atoms with Gasteiger partial charge in [-0.25, -0.2) is 0 Å². The summed E-state index contributed by atoms with van der Waals surface area (Å²) in [7, 11) is 0. The summed E-state index contributed by atoms with van der Waals surface area (Å²) in [6, 6.07) is 13.7. The predicted octanol–water partition coefficient (Wildman–Crippen LogP) is 4.08. The molecule has 1 aliphatic carbocycles. The van der Waals surface area contributed by atoms with Gasteiger partial charge in [0.2, 0.25) is 0 Å². The fourth-order valence-electron chi connectivity index (χ4n) is 3.70. The summed E-state index contributed by atoms with van der Waals surface area (Å²) in [5.74, 6) is 1.64. The number of nitrogens with zero attached hydrogens (tertiary/aromatic N) is 2. The minimum atomic E-state index is 0. The number of carbonyl (C=O) groups is 1. The molecule has 0 spiro atoms. The standard InChI is InChI=1S/C23H29N3O2.ClH/c27-23(19-8-10-22(11-9-19)28-17-18-6-7-18)26(16-20-4-1-2-14-25-20)21-5-3-13-24-15-12-21;/h1-2,4,8-11,14,18,21,24H,3,5-7,12-13,15-17H2;1H. The maximum Gasteiger partial charge on any atom is 0.254 e. The van der Waals surface area contributed by atoms with Crippen LogP contribution in [0.4, 0.5) is 0 Å². The Labute approximate surface area is 179 Å². The maximum absolute atomic E-state index is 13.4. The van der Waals surface area contributed by atoms with Gasteiger partial charge in [-0.15, -0.1) is 12.4 Å². The topological polar surface area (TPSA) is 54.5 Å². The molecule has 0 bridgehead atoms. The molecule has 1 aromatic heterocycles. The maximum atomic E-state index is 13.4. The average molecular weight is 416 g/mol. The first-order valence-corrected chi connectivity index (χ1v) is 10.4. The predicted molar refractivity (Wildman–Crippen MR) is 117 cm³/mol. The van der Waals surface area contributed by atoms with Crippen LogP contribution in [0.5, 0.6) is 5.75 Å². The van der Waals surface area contributed by atoms with E-state index in [1.165, 1.54) is 12.8 Å². The lowest BCUT2D eigenvalue weighted by molar-refractivity contribution is 0.0642. The van der Waals surface area contributed by atoms with Gasteiger partial charge in [-0.05, 0) is 87.5 Å². The summed E-state index contributed by atoms with van der Waals surface area (Å²) >= 11 is 0. The van der Waals surface area contributed by atoms with Crippen molar-refractivity contribution in [1.82, 2.24) is 15.2 Å². The number of amides is 1. The molecule has 2 aliphatic rings. The summed E-state index contributed by atoms with van der Waals surface area (Å²) < 4.78 is 5.81. The fourth-order valence-corrected chi connectivity index (χ4v) is 3.70. The second-order valence-electron chi connectivity index (χ2n) is 7.87. The van der Waals surface area contributed by atoms with Crippen LogP contribution in [0.25, 0.3) is 0 Å². The van der Waals surface area contributed by atoms with Gasteiger partial charge in [0, 0.05) is 17.8 Å². The number of hydrogen-bond acceptors (Lipinski definition) is 4. The molecule has 4 rings (SSSR count). The van der Waals surface area contributed by atoms with Crippen LogP contribution < -0.4 is 10.1 Å². The van der Waals surface area contributed by atoms with Gasteiger partial charge in [-0.2, -0.15) is 0 Å². The van der Waals surface area contributed by atoms with Crippen molar-refractivity contribution in [2.75, 3.05) is 19.7 Å². The second-order valence-corrected chi connectivity index (χ2v) is 7.87. The Kier molecular flexibility index (Phi) is 7.90. The first-order chi connectivity index (χ1) is 13.8. The summed E-state index contributed by atoms with van der Waals surface area (Å²) in [4.78, 5) is 19.8. The van der Waals surface area contributed by atoms with Gasteiger partial charge < -0.3 is 15.0 Å². The molecular weight excluding hydrogens is 386 g/mol. The van der Waals surface area contributed by atoms with E-state index in [2.05, 4.69) is 10.3 Å². The van der Waals surface area contributed by atoms with E-state index < -0.39 is 0 Å². The SMILES string of the molecule is Cl.O=C(c1ccc(OCC2CC2)cc1)N(Cc1ccccn1)C1CCCNCC1. The van der Waals surface area contributed by atoms with Crippen molar-refractivity contribution < 1.29 is 9.53 Å². The van der Waals surface area contributed by atoms with Gasteiger partial charge in [-0.3, -0.25) is 9.78 Å². The van der Waals surface area contributed by atoms with Crippen molar-refractivity contribution in [3.8, 4) is 5.75 Å². The molecule has 1 saturated heterocycles. The molecule has 2 heterocycles. The van der Waals surface area contributed by atoms with Gasteiger partial charge in [0.15, 0.2) is 0 Å². The third-order valence-electron chi connectivity index (χ3n) is 5.59. The number of hydrogen-bond donors (Lipinski definition) is 1. The van der Waals surface area contributed by atoms with Crippen LogP contribution in [-0.2, 0) is 6.54 Å². The van der Waals surface area contributed by atoms with Crippen molar-refractivity contribution in [3.63, 3.8) is 0 Å². The van der Waals surface area contributed by atoms with Crippen LogP contribution in [0, 0.1) is 5.92 Å². The zero-order valence-electron chi connectivity index (χ0n) is 16.8. The van der Waals surface area contributed by atoms with E-state index in [9.17, 15) is 4.79 Å². The molecule has 2 fully saturated rings. The Bertz CT molecular complexity index is 757. The van der Waals surface area contributed by atoms with Crippen molar-refractivity contribution >= 4 is 18.3 Å². The Morgan fingerprint density at radius 3 is 2.62 bits per heavy atom. The van der Waals surface area contributed by atoms with Crippen molar-refractivity contribution in [2.45, 2.75) is 44.7 Å². The van der Waals surface area contributed by atoms with Gasteiger partial charge in [0.25, 0.3) is 5.91 Å². The Hall–Kier alpha value is -2.11. The van der Waals surface area contributed by atoms with E-state index in [1.54, 1.807) is 6.20 Å². The van der Waals surface area contributed by atoms with Gasteiger partial charge in [-0.1, -0.05) is 6.07 Å². The minimum absolute atomic E-state index is 0. The first kappa shape index (κ1) is 21.6. The zero-order valence-corrected chi connectivity index (χ0v) is 17.6. The molecule has 6 heteroatoms. The highest BCUT2D eigenvalue weighted by molar-refractivity contribution is 5.94. The van der Waals surface area contributed by atoms with E-state index in [-0.39, 0.29) is 24.4 Å². The molecule has 1 aliphatic heterocycles. The summed E-state index contributed by atoms with van der Waals surface area (Å²) in [5.41, 5.74) is 1.64. The fraction of sp³-hybridized carbons (Fsp3) is 0.478. The van der Waals surface area contributed by atoms with Gasteiger partial charge in [0.05, 0.1) is 18.8 Å². The van der Waals surface area contributed by atoms with Gasteiger partial charge in [0.1, 0.15) is 5.75 Å². The Morgan fingerprint density at radius 2 is 1.90 bits per heavy atom. The van der Waals surface area contributed by atoms with Crippen LogP contribution in [0.2, 0.25) is 0 Å². The van der Waals surface area contributed by atoms with E-state index in [4.69, 9.17) is 4.74 Å². The number of halogens is 1. The molecule has 156 valence electrons. The van der Waals surface area contributed by atoms with Crippen LogP contribution in [-0.4, -0.2) is 41.5 Å². The molecule has 29 heavy (non-hydrogen) atoms. The molecule has 1 atom stereocenters. The Balaban J connectivity index is 0.00000240. The number of ether oxygens (including phenoxy) is 1. The van der Waals surface area contributed by atoms with Crippen LogP contribution in [0.15, 0.2) is 48.7 Å². The normalized spacial score (nSPS) is 19.0. The summed E-state index contributed by atoms with van der Waals surface area (Å²) in [6.07, 6.45) is 7.42. The number of pyridine rings is 1. The smallest absolute Gasteiger partial charge is 0.254 e. The number of nitrogens with one attached hydrogen (secondary N) is 1. The van der Waals surface area contributed by atoms with E-state index in [0.29, 0.717) is 12.1 Å². The van der Waals surface area contributed by atoms with E-state index in [0.717, 1.165) is 56.3 Å². The molecule has 0 radical (unpaired) electrons. The van der Waals surface area contributed by atoms with Gasteiger partial charge >= 0.3 is 0 Å². The van der Waals surface area contributed by atoms with Crippen LogP contribution >= 0.6 is 12.4 Å². The zero-order chi connectivity index (χ0) is 19.2. The highest BCUT2D eigenvalue weighted by Gasteiger charge is 2.26. The number of rotatable bonds is 7. The molecule has 1 amide bonds. The highest BCUT2D eigenvalue weighted by Crippen LogP contribution is 2.29. The van der Waals surface area contributed by atoms with Crippen LogP contribution in [0.3, 0.4) is 0 Å². The molecule has 1 saturated carbocycles. The first-order valence-electron chi connectivity index (χ1n) is 10.4. The third-order valence-corrected chi connectivity index (χ3v) is 5.59. The lowest BCUT2D eigenvalue weighted by Gasteiger charge is -2.31. The number of benzene rings is 1. The van der Waals surface area contributed by atoms with Crippen LogP contribution in [0.1, 0.15) is 48.2 Å². The number of carbonyl (C=O) groups excluding carboxylic acids is 1. The van der Waals surface area contributed by atoms with Crippen molar-refractivity contribution in [1.29, 1.82) is 0 Å². The van der Waals surface area contributed by atoms with E-state index >= 15 is 0 Å². The highest BCUT2D eigenvalue weighted by atomic mass is 35.5. The molecular formula is C23H30ClN3O2. The monoisotopic (exact) mass is 415 g/mol. The molecule has 1 N–H and O–H groups in total. The minimum Gasteiger partial charge on any atom is -0.493 e. The largest absolute Gasteiger partial charge is 0.493 e. The quantitative estimate of drug-likeness (QED) is 0.740. The lowest BCUT2D eigenvalue weighted by Crippen LogP contribution is -2.40. The molecule has 1 aromatic carbocycles. The molecule has 1 unspecified atom stereocenters. The van der Waals surface area contributed by atoms with E-state index in [1.807, 2.05) is 47.4 Å².